The highest BCUT2D eigenvalue weighted by molar-refractivity contribution is 6.48. The summed E-state index contributed by atoms with van der Waals surface area (Å²) in [5, 5.41) is 5.21. The molecule has 0 amide bonds. The van der Waals surface area contributed by atoms with E-state index in [1.54, 1.807) is 0 Å². The summed E-state index contributed by atoms with van der Waals surface area (Å²) in [6, 6.07) is 4.52. The molecule has 1 aliphatic rings. The first-order valence-electron chi connectivity index (χ1n) is 7.29. The molecule has 0 saturated heterocycles. The molecule has 4 unspecified atom stereocenters. The van der Waals surface area contributed by atoms with E-state index in [0.29, 0.717) is 21.1 Å². The Balaban J connectivity index is 2.05. The van der Waals surface area contributed by atoms with Gasteiger partial charge in [0.15, 0.2) is 0 Å². The van der Waals surface area contributed by atoms with Crippen LogP contribution in [0.5, 0.6) is 0 Å². The summed E-state index contributed by atoms with van der Waals surface area (Å²) in [7, 11) is 0. The molecule has 1 aromatic rings. The van der Waals surface area contributed by atoms with Crippen LogP contribution >= 0.6 is 34.8 Å². The Hall–Kier alpha value is 0.0500. The summed E-state index contributed by atoms with van der Waals surface area (Å²) in [5.74, 6) is 1.61. The lowest BCUT2D eigenvalue weighted by atomic mass is 9.79. The normalized spacial score (nSPS) is 28.4. The highest BCUT2D eigenvalue weighted by atomic mass is 35.5. The maximum Gasteiger partial charge on any atom is 0.0781 e. The highest BCUT2D eigenvalue weighted by Crippen LogP contribution is 2.36. The number of nitrogens with one attached hydrogen (secondary N) is 1. The number of halogens is 3. The van der Waals surface area contributed by atoms with Crippen LogP contribution in [-0.2, 0) is 0 Å². The summed E-state index contributed by atoms with van der Waals surface area (Å²) >= 11 is 18.4. The molecule has 20 heavy (non-hydrogen) atoms. The first-order valence-corrected chi connectivity index (χ1v) is 8.43. The van der Waals surface area contributed by atoms with Crippen LogP contribution in [0.1, 0.15) is 51.6 Å². The standard InChI is InChI=1S/C16H22Cl3N/c1-9-4-5-12(8-10(9)2)20-11(3)13-6-7-14(17)16(19)15(13)18/h6-7,9-12,20H,4-5,8H2,1-3H3. The highest BCUT2D eigenvalue weighted by Gasteiger charge is 2.26. The Bertz CT molecular complexity index is 475. The van der Waals surface area contributed by atoms with Crippen LogP contribution in [0, 0.1) is 11.8 Å². The molecule has 1 nitrogen and oxygen atoms in total. The van der Waals surface area contributed by atoms with Gasteiger partial charge in [-0.3, -0.25) is 0 Å². The SMILES string of the molecule is CC(NC1CCC(C)C(C)C1)c1ccc(Cl)c(Cl)c1Cl. The Morgan fingerprint density at radius 1 is 1.05 bits per heavy atom. The Morgan fingerprint density at radius 2 is 1.75 bits per heavy atom. The second-order valence-electron chi connectivity index (χ2n) is 6.12. The molecule has 4 heteroatoms. The van der Waals surface area contributed by atoms with Gasteiger partial charge in [0.25, 0.3) is 0 Å². The largest absolute Gasteiger partial charge is 0.307 e. The van der Waals surface area contributed by atoms with Crippen LogP contribution in [0.15, 0.2) is 12.1 Å². The molecule has 0 radical (unpaired) electrons. The molecule has 0 aliphatic heterocycles. The second-order valence-corrected chi connectivity index (χ2v) is 7.28. The zero-order valence-corrected chi connectivity index (χ0v) is 14.5. The fourth-order valence-electron chi connectivity index (χ4n) is 3.02. The molecule has 4 atom stereocenters. The van der Waals surface area contributed by atoms with Gasteiger partial charge in [-0.2, -0.15) is 0 Å². The first kappa shape index (κ1) is 16.4. The molecule has 1 fully saturated rings. The molecule has 0 spiro atoms. The van der Waals surface area contributed by atoms with Crippen molar-refractivity contribution in [2.24, 2.45) is 11.8 Å². The van der Waals surface area contributed by atoms with Crippen molar-refractivity contribution in [3.8, 4) is 0 Å². The van der Waals surface area contributed by atoms with Gasteiger partial charge in [0, 0.05) is 12.1 Å². The van der Waals surface area contributed by atoms with Crippen LogP contribution in [0.25, 0.3) is 0 Å². The summed E-state index contributed by atoms with van der Waals surface area (Å²) in [6.07, 6.45) is 3.75. The van der Waals surface area contributed by atoms with Gasteiger partial charge in [-0.15, -0.1) is 0 Å². The molecule has 0 heterocycles. The summed E-state index contributed by atoms with van der Waals surface area (Å²) in [4.78, 5) is 0. The topological polar surface area (TPSA) is 12.0 Å². The number of hydrogen-bond acceptors (Lipinski definition) is 1. The van der Waals surface area contributed by atoms with Crippen LogP contribution in [0.3, 0.4) is 0 Å². The third-order valence-corrected chi connectivity index (χ3v) is 5.92. The van der Waals surface area contributed by atoms with Crippen molar-refractivity contribution < 1.29 is 0 Å². The van der Waals surface area contributed by atoms with Crippen molar-refractivity contribution in [1.82, 2.24) is 5.32 Å². The van der Waals surface area contributed by atoms with Gasteiger partial charge in [0.05, 0.1) is 15.1 Å². The molecule has 2 rings (SSSR count). The van der Waals surface area contributed by atoms with E-state index in [-0.39, 0.29) is 6.04 Å². The van der Waals surface area contributed by atoms with Gasteiger partial charge < -0.3 is 5.32 Å². The van der Waals surface area contributed by atoms with Crippen molar-refractivity contribution in [1.29, 1.82) is 0 Å². The number of rotatable bonds is 3. The molecule has 1 saturated carbocycles. The molecule has 1 aromatic carbocycles. The smallest absolute Gasteiger partial charge is 0.0781 e. The average Bonchev–Trinajstić information content (AvgIpc) is 2.40. The van der Waals surface area contributed by atoms with Gasteiger partial charge in [-0.05, 0) is 49.7 Å². The zero-order valence-electron chi connectivity index (χ0n) is 12.2. The molecule has 0 bridgehead atoms. The molecule has 112 valence electrons. The predicted molar refractivity (Wildman–Crippen MR) is 89.0 cm³/mol. The Labute approximate surface area is 137 Å². The van der Waals surface area contributed by atoms with Gasteiger partial charge in [-0.25, -0.2) is 0 Å². The van der Waals surface area contributed by atoms with E-state index in [2.05, 4.69) is 26.1 Å². The van der Waals surface area contributed by atoms with Crippen LogP contribution in [0.4, 0.5) is 0 Å². The summed E-state index contributed by atoms with van der Waals surface area (Å²) < 4.78 is 0. The number of benzene rings is 1. The van der Waals surface area contributed by atoms with Crippen LogP contribution in [0.2, 0.25) is 15.1 Å². The lowest BCUT2D eigenvalue weighted by Crippen LogP contribution is -2.37. The molecular weight excluding hydrogens is 313 g/mol. The molecule has 0 aromatic heterocycles. The van der Waals surface area contributed by atoms with E-state index in [1.807, 2.05) is 12.1 Å². The second kappa shape index (κ2) is 6.87. The summed E-state index contributed by atoms with van der Waals surface area (Å²) in [5.41, 5.74) is 1.02. The monoisotopic (exact) mass is 333 g/mol. The number of hydrogen-bond donors (Lipinski definition) is 1. The summed E-state index contributed by atoms with van der Waals surface area (Å²) in [6.45, 7) is 6.82. The lowest BCUT2D eigenvalue weighted by molar-refractivity contribution is 0.217. The lowest BCUT2D eigenvalue weighted by Gasteiger charge is -2.34. The Kier molecular flexibility index (Phi) is 5.64. The first-order chi connectivity index (χ1) is 9.40. The van der Waals surface area contributed by atoms with Crippen LogP contribution < -0.4 is 5.32 Å². The van der Waals surface area contributed by atoms with E-state index in [0.717, 1.165) is 17.4 Å². The van der Waals surface area contributed by atoms with Crippen molar-refractivity contribution in [2.45, 2.75) is 52.1 Å². The minimum absolute atomic E-state index is 0.183. The molecule has 1 N–H and O–H groups in total. The molecule has 1 aliphatic carbocycles. The maximum absolute atomic E-state index is 6.31. The predicted octanol–water partition coefficient (Wildman–Crippen LogP) is 6.12. The third-order valence-electron chi connectivity index (χ3n) is 4.62. The zero-order chi connectivity index (χ0) is 14.9. The van der Waals surface area contributed by atoms with Gasteiger partial charge >= 0.3 is 0 Å². The van der Waals surface area contributed by atoms with Crippen molar-refractivity contribution in [3.63, 3.8) is 0 Å². The van der Waals surface area contributed by atoms with E-state index in [4.69, 9.17) is 34.8 Å². The maximum atomic E-state index is 6.31. The van der Waals surface area contributed by atoms with E-state index < -0.39 is 0 Å². The van der Waals surface area contributed by atoms with Gasteiger partial charge in [0.1, 0.15) is 0 Å². The average molecular weight is 335 g/mol. The Morgan fingerprint density at radius 3 is 2.40 bits per heavy atom. The van der Waals surface area contributed by atoms with E-state index >= 15 is 0 Å². The fraction of sp³-hybridized carbons (Fsp3) is 0.625. The van der Waals surface area contributed by atoms with Gasteiger partial charge in [0.2, 0.25) is 0 Å². The fourth-order valence-corrected chi connectivity index (χ4v) is 3.72. The van der Waals surface area contributed by atoms with Crippen LogP contribution in [-0.4, -0.2) is 6.04 Å². The quantitative estimate of drug-likeness (QED) is 0.656. The van der Waals surface area contributed by atoms with E-state index in [1.165, 1.54) is 19.3 Å². The van der Waals surface area contributed by atoms with Crippen molar-refractivity contribution in [2.75, 3.05) is 0 Å². The van der Waals surface area contributed by atoms with E-state index in [9.17, 15) is 0 Å². The van der Waals surface area contributed by atoms with Crippen molar-refractivity contribution >= 4 is 34.8 Å². The van der Waals surface area contributed by atoms with Gasteiger partial charge in [-0.1, -0.05) is 54.7 Å². The third kappa shape index (κ3) is 3.62. The minimum Gasteiger partial charge on any atom is -0.307 e. The molecular formula is C16H22Cl3N. The minimum atomic E-state index is 0.183. The van der Waals surface area contributed by atoms with Crippen molar-refractivity contribution in [3.05, 3.63) is 32.8 Å².